The van der Waals surface area contributed by atoms with Crippen molar-refractivity contribution < 1.29 is 32.6 Å². The number of phenolic OH excluding ortho intramolecular Hbond substituents is 1. The Bertz CT molecular complexity index is 951. The van der Waals surface area contributed by atoms with Gasteiger partial charge in [-0.1, -0.05) is 18.2 Å². The number of phenols is 1. The van der Waals surface area contributed by atoms with Gasteiger partial charge < -0.3 is 9.84 Å². The lowest BCUT2D eigenvalue weighted by Crippen LogP contribution is -2.27. The second-order valence-electron chi connectivity index (χ2n) is 5.46. The van der Waals surface area contributed by atoms with E-state index in [1.54, 1.807) is 30.3 Å². The van der Waals surface area contributed by atoms with Gasteiger partial charge in [-0.25, -0.2) is 8.42 Å². The van der Waals surface area contributed by atoms with Crippen LogP contribution in [0.5, 0.6) is 17.2 Å². The molecule has 27 heavy (non-hydrogen) atoms. The number of imide groups is 1. The van der Waals surface area contributed by atoms with Crippen LogP contribution in [0, 0.1) is 0 Å². The molecule has 0 heterocycles. The Labute approximate surface area is 155 Å². The van der Waals surface area contributed by atoms with Crippen LogP contribution in [0.3, 0.4) is 0 Å². The molecule has 0 saturated carbocycles. The fraction of sp³-hybridized carbons (Fsp3) is 0.118. The van der Waals surface area contributed by atoms with Crippen molar-refractivity contribution in [3.63, 3.8) is 0 Å². The number of Topliss-reactive ketones (excluding diaryl/α,β-unsaturated/α-hetero) is 1. The summed E-state index contributed by atoms with van der Waals surface area (Å²) in [7, 11) is -3.70. The van der Waals surface area contributed by atoms with E-state index >= 15 is 0 Å². The van der Waals surface area contributed by atoms with E-state index in [1.165, 1.54) is 0 Å². The lowest BCUT2D eigenvalue weighted by Gasteiger charge is -2.15. The van der Waals surface area contributed by atoms with E-state index in [4.69, 9.17) is 4.74 Å². The van der Waals surface area contributed by atoms with Gasteiger partial charge in [-0.3, -0.25) is 24.0 Å². The number of carbonyl (C=O) groups is 3. The highest BCUT2D eigenvalue weighted by atomic mass is 32.2. The molecule has 2 rings (SSSR count). The minimum Gasteiger partial charge on any atom is -0.507 e. The van der Waals surface area contributed by atoms with Gasteiger partial charge in [-0.15, -0.1) is 0 Å². The maximum Gasteiger partial charge on any atom is 0.229 e. The molecule has 0 aliphatic carbocycles. The normalized spacial score (nSPS) is 10.7. The summed E-state index contributed by atoms with van der Waals surface area (Å²) in [6, 6.07) is 10.5. The van der Waals surface area contributed by atoms with E-state index in [1.807, 2.05) is 0 Å². The van der Waals surface area contributed by atoms with Crippen LogP contribution in [0.4, 0.5) is 5.69 Å². The molecule has 0 atom stereocenters. The molecule has 9 nitrogen and oxygen atoms in total. The molecule has 0 spiro atoms. The van der Waals surface area contributed by atoms with Gasteiger partial charge in [-0.05, 0) is 18.2 Å². The number of ketones is 1. The Morgan fingerprint density at radius 3 is 2.37 bits per heavy atom. The molecule has 0 bridgehead atoms. The molecule has 142 valence electrons. The number of nitrogens with one attached hydrogen (secondary N) is 1. The molecule has 0 aliphatic rings. The molecule has 0 aliphatic heterocycles. The summed E-state index contributed by atoms with van der Waals surface area (Å²) in [6.45, 7) is -0.593. The van der Waals surface area contributed by atoms with Crippen LogP contribution in [0.15, 0.2) is 42.5 Å². The molecule has 0 fully saturated rings. The highest BCUT2D eigenvalue weighted by Crippen LogP contribution is 2.36. The molecule has 0 unspecified atom stereocenters. The molecule has 2 aromatic rings. The van der Waals surface area contributed by atoms with Gasteiger partial charge in [-0.2, -0.15) is 0 Å². The van der Waals surface area contributed by atoms with Crippen LogP contribution in [-0.2, 0) is 19.6 Å². The first kappa shape index (κ1) is 19.9. The average molecular weight is 392 g/mol. The molecule has 2 N–H and O–H groups in total. The second kappa shape index (κ2) is 8.32. The number of nitrogens with zero attached hydrogens (tertiary/aromatic N) is 1. The maximum atomic E-state index is 12.3. The number of para-hydroxylation sites is 1. The van der Waals surface area contributed by atoms with E-state index in [0.29, 0.717) is 10.6 Å². The first-order chi connectivity index (χ1) is 12.7. The van der Waals surface area contributed by atoms with Crippen molar-refractivity contribution in [3.8, 4) is 17.2 Å². The van der Waals surface area contributed by atoms with E-state index in [-0.39, 0.29) is 29.8 Å². The second-order valence-corrected chi connectivity index (χ2v) is 7.21. The lowest BCUT2D eigenvalue weighted by atomic mass is 10.1. The maximum absolute atomic E-state index is 12.3. The number of ether oxygens (including phenoxy) is 1. The smallest absolute Gasteiger partial charge is 0.229 e. The highest BCUT2D eigenvalue weighted by Gasteiger charge is 2.20. The quantitative estimate of drug-likeness (QED) is 0.487. The molecular formula is C17H16N2O7S. The summed E-state index contributed by atoms with van der Waals surface area (Å²) < 4.78 is 30.9. The Balaban J connectivity index is 2.47. The number of hydrogen-bond acceptors (Lipinski definition) is 7. The summed E-state index contributed by atoms with van der Waals surface area (Å²) >= 11 is 0. The number of sulfonamides is 1. The largest absolute Gasteiger partial charge is 0.507 e. The number of amides is 2. The minimum atomic E-state index is -3.70. The fourth-order valence-corrected chi connectivity index (χ4v) is 2.68. The third kappa shape index (κ3) is 5.54. The van der Waals surface area contributed by atoms with E-state index in [0.717, 1.165) is 18.4 Å². The summed E-state index contributed by atoms with van der Waals surface area (Å²) in [5.74, 6) is -0.962. The SMILES string of the molecule is CS(=O)(=O)Nc1cc(O)c(C(=O)CN(C=O)C=O)cc1Oc1ccccc1. The Kier molecular flexibility index (Phi) is 6.14. The van der Waals surface area contributed by atoms with Gasteiger partial charge in [0.25, 0.3) is 0 Å². The summed E-state index contributed by atoms with van der Waals surface area (Å²) in [4.78, 5) is 34.2. The van der Waals surface area contributed by atoms with Crippen molar-refractivity contribution in [2.24, 2.45) is 0 Å². The van der Waals surface area contributed by atoms with E-state index < -0.39 is 28.1 Å². The Hall–Kier alpha value is -3.40. The number of anilines is 1. The van der Waals surface area contributed by atoms with Crippen LogP contribution in [0.1, 0.15) is 10.4 Å². The van der Waals surface area contributed by atoms with Gasteiger partial charge in [0.2, 0.25) is 22.8 Å². The molecule has 0 radical (unpaired) electrons. The third-order valence-corrected chi connectivity index (χ3v) is 3.85. The van der Waals surface area contributed by atoms with E-state index in [2.05, 4.69) is 4.72 Å². The van der Waals surface area contributed by atoms with Gasteiger partial charge in [0.1, 0.15) is 11.5 Å². The summed E-state index contributed by atoms with van der Waals surface area (Å²) in [6.07, 6.45) is 1.26. The fourth-order valence-electron chi connectivity index (χ4n) is 2.12. The Morgan fingerprint density at radius 2 is 1.81 bits per heavy atom. The van der Waals surface area contributed by atoms with E-state index in [9.17, 15) is 27.9 Å². The third-order valence-electron chi connectivity index (χ3n) is 3.26. The average Bonchev–Trinajstić information content (AvgIpc) is 2.61. The molecule has 0 saturated heterocycles. The minimum absolute atomic E-state index is 0.0449. The van der Waals surface area contributed by atoms with Crippen LogP contribution in [0.25, 0.3) is 0 Å². The lowest BCUT2D eigenvalue weighted by molar-refractivity contribution is -0.128. The first-order valence-corrected chi connectivity index (χ1v) is 9.40. The first-order valence-electron chi connectivity index (χ1n) is 7.50. The monoisotopic (exact) mass is 392 g/mol. The molecule has 2 amide bonds. The molecule has 2 aromatic carbocycles. The number of rotatable bonds is 9. The number of aromatic hydroxyl groups is 1. The zero-order valence-corrected chi connectivity index (χ0v) is 15.0. The van der Waals surface area contributed by atoms with Crippen LogP contribution in [-0.4, -0.2) is 49.8 Å². The summed E-state index contributed by atoms with van der Waals surface area (Å²) in [5.41, 5.74) is -0.327. The number of carbonyl (C=O) groups excluding carboxylic acids is 3. The zero-order valence-electron chi connectivity index (χ0n) is 14.2. The van der Waals surface area contributed by atoms with Crippen molar-refractivity contribution in [3.05, 3.63) is 48.0 Å². The topological polar surface area (TPSA) is 130 Å². The van der Waals surface area contributed by atoms with Gasteiger partial charge in [0.05, 0.1) is 24.1 Å². The van der Waals surface area contributed by atoms with Gasteiger partial charge >= 0.3 is 0 Å². The van der Waals surface area contributed by atoms with Crippen LogP contribution >= 0.6 is 0 Å². The van der Waals surface area contributed by atoms with Crippen LogP contribution < -0.4 is 9.46 Å². The van der Waals surface area contributed by atoms with Crippen molar-refractivity contribution in [1.29, 1.82) is 0 Å². The van der Waals surface area contributed by atoms with Crippen LogP contribution in [0.2, 0.25) is 0 Å². The van der Waals surface area contributed by atoms with Gasteiger partial charge in [0, 0.05) is 6.07 Å². The Morgan fingerprint density at radius 1 is 1.19 bits per heavy atom. The molecular weight excluding hydrogens is 376 g/mol. The molecule has 10 heteroatoms. The van der Waals surface area contributed by atoms with Crippen molar-refractivity contribution in [2.75, 3.05) is 17.5 Å². The predicted octanol–water partition coefficient (Wildman–Crippen LogP) is 1.35. The zero-order chi connectivity index (χ0) is 20.0. The van der Waals surface area contributed by atoms with Crippen molar-refractivity contribution >= 4 is 34.3 Å². The number of benzene rings is 2. The number of hydrogen-bond donors (Lipinski definition) is 2. The molecule has 0 aromatic heterocycles. The predicted molar refractivity (Wildman–Crippen MR) is 96.3 cm³/mol. The van der Waals surface area contributed by atoms with Crippen molar-refractivity contribution in [1.82, 2.24) is 4.90 Å². The highest BCUT2D eigenvalue weighted by molar-refractivity contribution is 7.92. The van der Waals surface area contributed by atoms with Crippen molar-refractivity contribution in [2.45, 2.75) is 0 Å². The van der Waals surface area contributed by atoms with Gasteiger partial charge in [0.15, 0.2) is 11.5 Å². The standard InChI is InChI=1S/C17H16N2O7S/c1-27(24,25)18-14-8-15(22)13(16(23)9-19(10-20)11-21)7-17(14)26-12-5-3-2-4-6-12/h2-8,10-11,18,22H,9H2,1H3. The summed E-state index contributed by atoms with van der Waals surface area (Å²) in [5, 5.41) is 10.1.